The molecule has 0 aliphatic heterocycles. The highest BCUT2D eigenvalue weighted by molar-refractivity contribution is 7.99. The number of rotatable bonds is 8. The molecule has 0 radical (unpaired) electrons. The Bertz CT molecular complexity index is 377. The first-order valence-electron chi connectivity index (χ1n) is 6.45. The molecule has 0 bridgehead atoms. The van der Waals surface area contributed by atoms with Crippen LogP contribution in [0.1, 0.15) is 37.6 Å². The Labute approximate surface area is 114 Å². The maximum absolute atomic E-state index is 11.4. The fraction of sp³-hybridized carbons (Fsp3) is 0.533. The number of benzene rings is 1. The van der Waals surface area contributed by atoms with E-state index < -0.39 is 0 Å². The van der Waals surface area contributed by atoms with Crippen molar-refractivity contribution in [2.45, 2.75) is 27.2 Å². The van der Waals surface area contributed by atoms with Crippen molar-refractivity contribution in [2.75, 3.05) is 18.1 Å². The molecule has 1 rings (SSSR count). The summed E-state index contributed by atoms with van der Waals surface area (Å²) < 4.78 is 5.67. The van der Waals surface area contributed by atoms with Crippen LogP contribution in [0, 0.1) is 5.92 Å². The van der Waals surface area contributed by atoms with Crippen LogP contribution in [0.3, 0.4) is 0 Å². The number of thioether (sulfide) groups is 1. The Morgan fingerprint density at radius 3 is 2.78 bits per heavy atom. The standard InChI is InChI=1S/C15H22O2S/c1-4-12(2)11-18-10-9-17-15-8-6-5-7-14(15)13(3)16/h5-8,12H,4,9-11H2,1-3H3. The second-order valence-electron chi connectivity index (χ2n) is 4.49. The van der Waals surface area contributed by atoms with Gasteiger partial charge in [0.05, 0.1) is 12.2 Å². The summed E-state index contributed by atoms with van der Waals surface area (Å²) in [5.41, 5.74) is 0.671. The summed E-state index contributed by atoms with van der Waals surface area (Å²) in [7, 11) is 0. The minimum absolute atomic E-state index is 0.0536. The zero-order chi connectivity index (χ0) is 13.4. The van der Waals surface area contributed by atoms with Gasteiger partial charge < -0.3 is 4.74 Å². The van der Waals surface area contributed by atoms with Gasteiger partial charge in [-0.25, -0.2) is 0 Å². The van der Waals surface area contributed by atoms with E-state index >= 15 is 0 Å². The summed E-state index contributed by atoms with van der Waals surface area (Å²) in [6, 6.07) is 7.43. The van der Waals surface area contributed by atoms with Gasteiger partial charge in [0.15, 0.2) is 5.78 Å². The van der Waals surface area contributed by atoms with Crippen LogP contribution in [0.25, 0.3) is 0 Å². The van der Waals surface area contributed by atoms with Gasteiger partial charge in [0.2, 0.25) is 0 Å². The molecular weight excluding hydrogens is 244 g/mol. The Balaban J connectivity index is 2.33. The molecular formula is C15H22O2S. The fourth-order valence-corrected chi connectivity index (χ4v) is 2.50. The maximum Gasteiger partial charge on any atom is 0.163 e. The van der Waals surface area contributed by atoms with Crippen molar-refractivity contribution < 1.29 is 9.53 Å². The normalized spacial score (nSPS) is 12.2. The summed E-state index contributed by atoms with van der Waals surface area (Å²) >= 11 is 1.91. The number of ketones is 1. The predicted molar refractivity (Wildman–Crippen MR) is 78.7 cm³/mol. The Kier molecular flexibility index (Phi) is 6.88. The van der Waals surface area contributed by atoms with Gasteiger partial charge in [-0.05, 0) is 30.7 Å². The van der Waals surface area contributed by atoms with E-state index in [1.165, 1.54) is 12.2 Å². The minimum Gasteiger partial charge on any atom is -0.492 e. The van der Waals surface area contributed by atoms with Crippen LogP contribution in [0.5, 0.6) is 5.75 Å². The Hall–Kier alpha value is -0.960. The molecule has 0 aliphatic rings. The minimum atomic E-state index is 0.0536. The van der Waals surface area contributed by atoms with Gasteiger partial charge in [0.25, 0.3) is 0 Å². The average Bonchev–Trinajstić information content (AvgIpc) is 2.38. The van der Waals surface area contributed by atoms with Gasteiger partial charge in [-0.2, -0.15) is 11.8 Å². The topological polar surface area (TPSA) is 26.3 Å². The van der Waals surface area contributed by atoms with E-state index in [-0.39, 0.29) is 5.78 Å². The molecule has 2 nitrogen and oxygen atoms in total. The zero-order valence-corrected chi connectivity index (χ0v) is 12.3. The second-order valence-corrected chi connectivity index (χ2v) is 5.64. The van der Waals surface area contributed by atoms with Crippen LogP contribution in [-0.2, 0) is 0 Å². The van der Waals surface area contributed by atoms with Crippen molar-refractivity contribution in [3.05, 3.63) is 29.8 Å². The van der Waals surface area contributed by atoms with Gasteiger partial charge in [0, 0.05) is 5.75 Å². The molecule has 1 aromatic carbocycles. The van der Waals surface area contributed by atoms with Crippen molar-refractivity contribution in [3.8, 4) is 5.75 Å². The van der Waals surface area contributed by atoms with E-state index in [2.05, 4.69) is 13.8 Å². The summed E-state index contributed by atoms with van der Waals surface area (Å²) in [6.45, 7) is 6.70. The monoisotopic (exact) mass is 266 g/mol. The highest BCUT2D eigenvalue weighted by atomic mass is 32.2. The summed E-state index contributed by atoms with van der Waals surface area (Å²) in [4.78, 5) is 11.4. The van der Waals surface area contributed by atoms with Crippen LogP contribution in [-0.4, -0.2) is 23.9 Å². The molecule has 0 amide bonds. The van der Waals surface area contributed by atoms with Crippen LogP contribution in [0.4, 0.5) is 0 Å². The molecule has 0 heterocycles. The molecule has 100 valence electrons. The Morgan fingerprint density at radius 2 is 2.11 bits per heavy atom. The second kappa shape index (κ2) is 8.20. The SMILES string of the molecule is CCC(C)CSCCOc1ccccc1C(C)=O. The van der Waals surface area contributed by atoms with E-state index in [1.54, 1.807) is 6.92 Å². The van der Waals surface area contributed by atoms with E-state index in [0.29, 0.717) is 17.9 Å². The fourth-order valence-electron chi connectivity index (χ4n) is 1.50. The first-order valence-corrected chi connectivity index (χ1v) is 7.61. The predicted octanol–water partition coefficient (Wildman–Crippen LogP) is 4.05. The third-order valence-electron chi connectivity index (χ3n) is 2.85. The first kappa shape index (κ1) is 15.1. The maximum atomic E-state index is 11.4. The molecule has 3 heteroatoms. The van der Waals surface area contributed by atoms with Crippen LogP contribution in [0.2, 0.25) is 0 Å². The van der Waals surface area contributed by atoms with E-state index in [1.807, 2.05) is 36.0 Å². The summed E-state index contributed by atoms with van der Waals surface area (Å²) in [6.07, 6.45) is 1.22. The molecule has 0 fully saturated rings. The van der Waals surface area contributed by atoms with Crippen molar-refractivity contribution in [1.82, 2.24) is 0 Å². The average molecular weight is 266 g/mol. The van der Waals surface area contributed by atoms with E-state index in [4.69, 9.17) is 4.74 Å². The van der Waals surface area contributed by atoms with E-state index in [9.17, 15) is 4.79 Å². The van der Waals surface area contributed by atoms with Gasteiger partial charge in [-0.15, -0.1) is 0 Å². The lowest BCUT2D eigenvalue weighted by Crippen LogP contribution is -2.06. The molecule has 0 saturated heterocycles. The summed E-state index contributed by atoms with van der Waals surface area (Å²) in [5.74, 6) is 3.66. The van der Waals surface area contributed by atoms with Gasteiger partial charge >= 0.3 is 0 Å². The smallest absolute Gasteiger partial charge is 0.163 e. The van der Waals surface area contributed by atoms with Gasteiger partial charge in [-0.1, -0.05) is 32.4 Å². The third-order valence-corrected chi connectivity index (χ3v) is 4.11. The lowest BCUT2D eigenvalue weighted by Gasteiger charge is -2.10. The first-order chi connectivity index (χ1) is 8.65. The Morgan fingerprint density at radius 1 is 1.39 bits per heavy atom. The van der Waals surface area contributed by atoms with Crippen LogP contribution in [0.15, 0.2) is 24.3 Å². The number of ether oxygens (including phenoxy) is 1. The molecule has 1 aromatic rings. The number of Topliss-reactive ketones (excluding diaryl/α,β-unsaturated/α-hetero) is 1. The van der Waals surface area contributed by atoms with Crippen molar-refractivity contribution in [1.29, 1.82) is 0 Å². The highest BCUT2D eigenvalue weighted by Gasteiger charge is 2.07. The van der Waals surface area contributed by atoms with E-state index in [0.717, 1.165) is 11.7 Å². The molecule has 0 spiro atoms. The van der Waals surface area contributed by atoms with Crippen LogP contribution >= 0.6 is 11.8 Å². The number of carbonyl (C=O) groups is 1. The lowest BCUT2D eigenvalue weighted by molar-refractivity contribution is 0.101. The van der Waals surface area contributed by atoms with Gasteiger partial charge in [-0.3, -0.25) is 4.79 Å². The molecule has 1 atom stereocenters. The number of para-hydroxylation sites is 1. The zero-order valence-electron chi connectivity index (χ0n) is 11.4. The molecule has 1 unspecified atom stereocenters. The highest BCUT2D eigenvalue weighted by Crippen LogP contribution is 2.19. The largest absolute Gasteiger partial charge is 0.492 e. The lowest BCUT2D eigenvalue weighted by atomic mass is 10.1. The van der Waals surface area contributed by atoms with Crippen molar-refractivity contribution in [2.24, 2.45) is 5.92 Å². The summed E-state index contributed by atoms with van der Waals surface area (Å²) in [5, 5.41) is 0. The quantitative estimate of drug-likeness (QED) is 0.524. The van der Waals surface area contributed by atoms with Gasteiger partial charge in [0.1, 0.15) is 5.75 Å². The number of hydrogen-bond acceptors (Lipinski definition) is 3. The molecule has 0 N–H and O–H groups in total. The molecule has 0 aliphatic carbocycles. The molecule has 0 aromatic heterocycles. The van der Waals surface area contributed by atoms with Crippen molar-refractivity contribution in [3.63, 3.8) is 0 Å². The van der Waals surface area contributed by atoms with Crippen LogP contribution < -0.4 is 4.74 Å². The molecule has 18 heavy (non-hydrogen) atoms. The third kappa shape index (κ3) is 5.13. The van der Waals surface area contributed by atoms with Crippen molar-refractivity contribution >= 4 is 17.5 Å². The number of carbonyl (C=O) groups excluding carboxylic acids is 1. The molecule has 0 saturated carbocycles. The number of hydrogen-bond donors (Lipinski definition) is 0.